The van der Waals surface area contributed by atoms with Gasteiger partial charge >= 0.3 is 0 Å². The van der Waals surface area contributed by atoms with E-state index >= 15 is 0 Å². The molecule has 0 aliphatic heterocycles. The predicted molar refractivity (Wildman–Crippen MR) is 68.8 cm³/mol. The Bertz CT molecular complexity index is 424. The number of nitrogens with zero attached hydrogens (tertiary/aromatic N) is 1. The summed E-state index contributed by atoms with van der Waals surface area (Å²) in [4.78, 5) is 11.8. The van der Waals surface area contributed by atoms with Crippen LogP contribution in [0, 0.1) is 6.92 Å². The largest absolute Gasteiger partial charge is 0.314 e. The van der Waals surface area contributed by atoms with Gasteiger partial charge in [-0.15, -0.1) is 0 Å². The number of rotatable bonds is 5. The molecule has 1 N–H and O–H groups in total. The first-order valence-corrected chi connectivity index (χ1v) is 6.56. The monoisotopic (exact) mass is 284 g/mol. The number of aryl methyl sites for hydroxylation is 2. The lowest BCUT2D eigenvalue weighted by Crippen LogP contribution is -2.25. The maximum atomic E-state index is 11.8. The van der Waals surface area contributed by atoms with Crippen LogP contribution >= 0.6 is 15.9 Å². The van der Waals surface area contributed by atoms with Crippen LogP contribution in [0.5, 0.6) is 0 Å². The van der Waals surface area contributed by atoms with Crippen molar-refractivity contribution in [2.24, 2.45) is 0 Å². The van der Waals surface area contributed by atoms with E-state index in [2.05, 4.69) is 21.2 Å². The van der Waals surface area contributed by atoms with E-state index in [-0.39, 0.29) is 5.56 Å². The molecule has 1 aromatic heterocycles. The first kappa shape index (κ1) is 11.9. The Labute approximate surface area is 104 Å². The molecule has 1 aromatic rings. The third kappa shape index (κ3) is 3.19. The maximum Gasteiger partial charge on any atom is 0.253 e. The lowest BCUT2D eigenvalue weighted by Gasteiger charge is -2.08. The van der Waals surface area contributed by atoms with Crippen LogP contribution in [0.15, 0.2) is 21.5 Å². The van der Waals surface area contributed by atoms with E-state index in [9.17, 15) is 4.79 Å². The van der Waals surface area contributed by atoms with Gasteiger partial charge in [0.05, 0.1) is 0 Å². The van der Waals surface area contributed by atoms with Crippen molar-refractivity contribution in [2.45, 2.75) is 38.8 Å². The molecule has 2 rings (SSSR count). The minimum atomic E-state index is 0.120. The topological polar surface area (TPSA) is 34.0 Å². The van der Waals surface area contributed by atoms with Gasteiger partial charge in [0.1, 0.15) is 0 Å². The number of nitrogens with one attached hydrogen (secondary N) is 1. The summed E-state index contributed by atoms with van der Waals surface area (Å²) in [6.07, 6.45) is 5.50. The third-order valence-electron chi connectivity index (χ3n) is 2.82. The Balaban J connectivity index is 1.89. The van der Waals surface area contributed by atoms with Gasteiger partial charge in [-0.1, -0.05) is 0 Å². The Morgan fingerprint density at radius 1 is 1.56 bits per heavy atom. The molecule has 0 aromatic carbocycles. The zero-order valence-electron chi connectivity index (χ0n) is 9.50. The number of pyridine rings is 1. The number of hydrogen-bond donors (Lipinski definition) is 1. The van der Waals surface area contributed by atoms with Gasteiger partial charge in [-0.25, -0.2) is 0 Å². The zero-order chi connectivity index (χ0) is 11.5. The molecule has 0 amide bonds. The number of halogens is 1. The molecular formula is C12H17BrN2O. The average Bonchev–Trinajstić information content (AvgIpc) is 3.03. The van der Waals surface area contributed by atoms with Crippen molar-refractivity contribution in [1.29, 1.82) is 0 Å². The van der Waals surface area contributed by atoms with Crippen LogP contribution in [-0.4, -0.2) is 17.2 Å². The third-order valence-corrected chi connectivity index (χ3v) is 3.25. The Kier molecular flexibility index (Phi) is 3.82. The standard InChI is InChI=1S/C12H17BrN2O/c1-9-7-10(13)8-15(12(9)16)6-2-5-14-11-3-4-11/h7-8,11,14H,2-6H2,1H3. The van der Waals surface area contributed by atoms with E-state index in [1.54, 1.807) is 4.57 Å². The van der Waals surface area contributed by atoms with E-state index < -0.39 is 0 Å². The van der Waals surface area contributed by atoms with Crippen molar-refractivity contribution < 1.29 is 0 Å². The molecule has 0 saturated heterocycles. The molecule has 88 valence electrons. The summed E-state index contributed by atoms with van der Waals surface area (Å²) in [5, 5.41) is 3.45. The van der Waals surface area contributed by atoms with Gasteiger partial charge < -0.3 is 9.88 Å². The lowest BCUT2D eigenvalue weighted by atomic mass is 10.3. The van der Waals surface area contributed by atoms with Crippen LogP contribution in [0.4, 0.5) is 0 Å². The van der Waals surface area contributed by atoms with Crippen molar-refractivity contribution in [3.8, 4) is 0 Å². The highest BCUT2D eigenvalue weighted by Crippen LogP contribution is 2.18. The van der Waals surface area contributed by atoms with Crippen LogP contribution in [0.3, 0.4) is 0 Å². The van der Waals surface area contributed by atoms with E-state index in [1.807, 2.05) is 19.2 Å². The van der Waals surface area contributed by atoms with E-state index in [4.69, 9.17) is 0 Å². The van der Waals surface area contributed by atoms with Crippen LogP contribution in [-0.2, 0) is 6.54 Å². The minimum Gasteiger partial charge on any atom is -0.314 e. The lowest BCUT2D eigenvalue weighted by molar-refractivity contribution is 0.566. The summed E-state index contributed by atoms with van der Waals surface area (Å²) >= 11 is 3.41. The second-order valence-electron chi connectivity index (χ2n) is 4.42. The Hall–Kier alpha value is -0.610. The van der Waals surface area contributed by atoms with Crippen LogP contribution in [0.2, 0.25) is 0 Å². The van der Waals surface area contributed by atoms with Crippen LogP contribution in [0.25, 0.3) is 0 Å². The molecule has 1 aliphatic rings. The summed E-state index contributed by atoms with van der Waals surface area (Å²) in [6.45, 7) is 3.65. The molecule has 3 nitrogen and oxygen atoms in total. The van der Waals surface area contributed by atoms with Crippen molar-refractivity contribution >= 4 is 15.9 Å². The van der Waals surface area contributed by atoms with Gasteiger partial charge in [-0.2, -0.15) is 0 Å². The summed E-state index contributed by atoms with van der Waals surface area (Å²) in [5.41, 5.74) is 0.916. The average molecular weight is 285 g/mol. The molecule has 1 aliphatic carbocycles. The molecular weight excluding hydrogens is 268 g/mol. The first-order valence-electron chi connectivity index (χ1n) is 5.77. The SMILES string of the molecule is Cc1cc(Br)cn(CCCNC2CC2)c1=O. The molecule has 0 unspecified atom stereocenters. The number of aromatic nitrogens is 1. The molecule has 1 fully saturated rings. The van der Waals surface area contributed by atoms with Gasteiger partial charge in [0, 0.05) is 28.8 Å². The highest BCUT2D eigenvalue weighted by molar-refractivity contribution is 9.10. The predicted octanol–water partition coefficient (Wildman–Crippen LogP) is 2.06. The van der Waals surface area contributed by atoms with Gasteiger partial charge in [0.2, 0.25) is 0 Å². The molecule has 16 heavy (non-hydrogen) atoms. The molecule has 0 atom stereocenters. The summed E-state index contributed by atoms with van der Waals surface area (Å²) in [6, 6.07) is 2.61. The molecule has 0 spiro atoms. The summed E-state index contributed by atoms with van der Waals surface area (Å²) < 4.78 is 2.76. The van der Waals surface area contributed by atoms with E-state index in [0.717, 1.165) is 35.6 Å². The quantitative estimate of drug-likeness (QED) is 0.840. The van der Waals surface area contributed by atoms with E-state index in [1.165, 1.54) is 12.8 Å². The minimum absolute atomic E-state index is 0.120. The highest BCUT2D eigenvalue weighted by Gasteiger charge is 2.19. The second kappa shape index (κ2) is 5.15. The summed E-state index contributed by atoms with van der Waals surface area (Å²) in [7, 11) is 0. The fraction of sp³-hybridized carbons (Fsp3) is 0.583. The van der Waals surface area contributed by atoms with E-state index in [0.29, 0.717) is 0 Å². The fourth-order valence-corrected chi connectivity index (χ4v) is 2.34. The van der Waals surface area contributed by atoms with Crippen molar-refractivity contribution in [3.05, 3.63) is 32.7 Å². The molecule has 0 radical (unpaired) electrons. The smallest absolute Gasteiger partial charge is 0.253 e. The molecule has 1 saturated carbocycles. The second-order valence-corrected chi connectivity index (χ2v) is 5.34. The van der Waals surface area contributed by atoms with Crippen LogP contribution in [0.1, 0.15) is 24.8 Å². The van der Waals surface area contributed by atoms with Gasteiger partial charge in [0.25, 0.3) is 5.56 Å². The molecule has 4 heteroatoms. The Morgan fingerprint density at radius 2 is 2.31 bits per heavy atom. The van der Waals surface area contributed by atoms with Crippen molar-refractivity contribution in [3.63, 3.8) is 0 Å². The highest BCUT2D eigenvalue weighted by atomic mass is 79.9. The van der Waals surface area contributed by atoms with Crippen molar-refractivity contribution in [1.82, 2.24) is 9.88 Å². The van der Waals surface area contributed by atoms with Crippen molar-refractivity contribution in [2.75, 3.05) is 6.54 Å². The molecule has 1 heterocycles. The van der Waals surface area contributed by atoms with Gasteiger partial charge in [0.15, 0.2) is 0 Å². The Morgan fingerprint density at radius 3 is 3.00 bits per heavy atom. The molecule has 0 bridgehead atoms. The van der Waals surface area contributed by atoms with Crippen LogP contribution < -0.4 is 10.9 Å². The van der Waals surface area contributed by atoms with Gasteiger partial charge in [-0.3, -0.25) is 4.79 Å². The zero-order valence-corrected chi connectivity index (χ0v) is 11.1. The first-order chi connectivity index (χ1) is 7.66. The number of hydrogen-bond acceptors (Lipinski definition) is 2. The van der Waals surface area contributed by atoms with Gasteiger partial charge in [-0.05, 0) is 54.7 Å². The fourth-order valence-electron chi connectivity index (χ4n) is 1.75. The summed E-state index contributed by atoms with van der Waals surface area (Å²) in [5.74, 6) is 0. The normalized spacial score (nSPS) is 15.4. The maximum absolute atomic E-state index is 11.8.